The molecular weight excluding hydrogens is 202 g/mol. The van der Waals surface area contributed by atoms with Crippen LogP contribution in [-0.4, -0.2) is 37.5 Å². The first-order chi connectivity index (χ1) is 7.57. The molecule has 0 saturated carbocycles. The summed E-state index contributed by atoms with van der Waals surface area (Å²) < 4.78 is 11.5. The zero-order chi connectivity index (χ0) is 11.6. The molecule has 1 N–H and O–H groups in total. The van der Waals surface area contributed by atoms with Gasteiger partial charge in [0.25, 0.3) is 0 Å². The fourth-order valence-corrected chi connectivity index (χ4v) is 2.70. The Morgan fingerprint density at radius 3 is 2.62 bits per heavy atom. The Bertz CT molecular complexity index is 230. The molecule has 0 aromatic heterocycles. The molecule has 0 aliphatic carbocycles. The standard InChI is InChI=1S/C13H25NO2/c1-10-11(5-7-15-10)8-14-9-12-4-6-13(2,3)16-12/h10-12,14H,4-9H2,1-3H3. The Kier molecular flexibility index (Phi) is 3.88. The van der Waals surface area contributed by atoms with Crippen LogP contribution in [0.2, 0.25) is 0 Å². The first kappa shape index (κ1) is 12.3. The molecule has 3 heteroatoms. The van der Waals surface area contributed by atoms with Crippen LogP contribution in [0.25, 0.3) is 0 Å². The summed E-state index contributed by atoms with van der Waals surface area (Å²) in [5.41, 5.74) is 0.0934. The van der Waals surface area contributed by atoms with Crippen LogP contribution in [0.5, 0.6) is 0 Å². The Morgan fingerprint density at radius 1 is 1.25 bits per heavy atom. The van der Waals surface area contributed by atoms with Gasteiger partial charge in [0.15, 0.2) is 0 Å². The summed E-state index contributed by atoms with van der Waals surface area (Å²) in [6, 6.07) is 0. The van der Waals surface area contributed by atoms with Crippen molar-refractivity contribution in [3.8, 4) is 0 Å². The fraction of sp³-hybridized carbons (Fsp3) is 1.00. The molecule has 0 spiro atoms. The van der Waals surface area contributed by atoms with Gasteiger partial charge < -0.3 is 14.8 Å². The van der Waals surface area contributed by atoms with Crippen LogP contribution >= 0.6 is 0 Å². The van der Waals surface area contributed by atoms with Crippen molar-refractivity contribution in [1.29, 1.82) is 0 Å². The second-order valence-electron chi connectivity index (χ2n) is 5.82. The van der Waals surface area contributed by atoms with Crippen molar-refractivity contribution < 1.29 is 9.47 Å². The highest BCUT2D eigenvalue weighted by atomic mass is 16.5. The van der Waals surface area contributed by atoms with Crippen LogP contribution in [0.3, 0.4) is 0 Å². The predicted octanol–water partition coefficient (Wildman–Crippen LogP) is 1.96. The van der Waals surface area contributed by atoms with Crippen molar-refractivity contribution in [2.75, 3.05) is 19.7 Å². The molecule has 94 valence electrons. The van der Waals surface area contributed by atoms with Crippen LogP contribution in [0.1, 0.15) is 40.0 Å². The second kappa shape index (κ2) is 5.03. The monoisotopic (exact) mass is 227 g/mol. The average Bonchev–Trinajstić information content (AvgIpc) is 2.74. The summed E-state index contributed by atoms with van der Waals surface area (Å²) in [7, 11) is 0. The van der Waals surface area contributed by atoms with Crippen LogP contribution in [-0.2, 0) is 9.47 Å². The van der Waals surface area contributed by atoms with Gasteiger partial charge in [0.1, 0.15) is 0 Å². The highest BCUT2D eigenvalue weighted by Crippen LogP contribution is 2.29. The lowest BCUT2D eigenvalue weighted by Crippen LogP contribution is -2.34. The molecule has 2 rings (SSSR count). The Labute approximate surface area is 98.9 Å². The molecule has 3 unspecified atom stereocenters. The summed E-state index contributed by atoms with van der Waals surface area (Å²) in [5, 5.41) is 3.53. The van der Waals surface area contributed by atoms with Crippen molar-refractivity contribution in [3.05, 3.63) is 0 Å². The summed E-state index contributed by atoms with van der Waals surface area (Å²) in [6.07, 6.45) is 4.41. The third-order valence-corrected chi connectivity index (χ3v) is 3.87. The normalized spacial score (nSPS) is 38.1. The molecule has 0 aromatic rings. The third kappa shape index (κ3) is 3.19. The SMILES string of the molecule is CC1OCCC1CNCC1CCC(C)(C)O1. The minimum atomic E-state index is 0.0934. The van der Waals surface area contributed by atoms with E-state index in [1.165, 1.54) is 19.3 Å². The minimum Gasteiger partial charge on any atom is -0.378 e. The highest BCUT2D eigenvalue weighted by molar-refractivity contribution is 4.82. The van der Waals surface area contributed by atoms with E-state index < -0.39 is 0 Å². The number of hydrogen-bond acceptors (Lipinski definition) is 3. The lowest BCUT2D eigenvalue weighted by molar-refractivity contribution is -0.0147. The van der Waals surface area contributed by atoms with Crippen LogP contribution in [0.15, 0.2) is 0 Å². The van der Waals surface area contributed by atoms with Gasteiger partial charge in [-0.25, -0.2) is 0 Å². The van der Waals surface area contributed by atoms with Crippen molar-refractivity contribution in [1.82, 2.24) is 5.32 Å². The number of hydrogen-bond donors (Lipinski definition) is 1. The van der Waals surface area contributed by atoms with E-state index in [-0.39, 0.29) is 5.60 Å². The van der Waals surface area contributed by atoms with Gasteiger partial charge in [0, 0.05) is 19.7 Å². The maximum atomic E-state index is 5.95. The van der Waals surface area contributed by atoms with E-state index in [9.17, 15) is 0 Å². The average molecular weight is 227 g/mol. The zero-order valence-corrected chi connectivity index (χ0v) is 10.8. The van der Waals surface area contributed by atoms with Crippen molar-refractivity contribution in [2.24, 2.45) is 5.92 Å². The molecule has 0 bridgehead atoms. The first-order valence-corrected chi connectivity index (χ1v) is 6.57. The first-order valence-electron chi connectivity index (χ1n) is 6.57. The largest absolute Gasteiger partial charge is 0.378 e. The van der Waals surface area contributed by atoms with Gasteiger partial charge >= 0.3 is 0 Å². The lowest BCUT2D eigenvalue weighted by atomic mass is 10.0. The van der Waals surface area contributed by atoms with Gasteiger partial charge in [-0.05, 0) is 46.0 Å². The molecule has 16 heavy (non-hydrogen) atoms. The molecule has 3 nitrogen and oxygen atoms in total. The van der Waals surface area contributed by atoms with Gasteiger partial charge in [0.05, 0.1) is 17.8 Å². The minimum absolute atomic E-state index is 0.0934. The van der Waals surface area contributed by atoms with Crippen molar-refractivity contribution in [3.63, 3.8) is 0 Å². The van der Waals surface area contributed by atoms with E-state index in [4.69, 9.17) is 9.47 Å². The molecule has 0 radical (unpaired) electrons. The van der Waals surface area contributed by atoms with Gasteiger partial charge in [0.2, 0.25) is 0 Å². The Balaban J connectivity index is 1.62. The summed E-state index contributed by atoms with van der Waals surface area (Å²) in [5.74, 6) is 0.689. The van der Waals surface area contributed by atoms with E-state index in [0.717, 1.165) is 19.7 Å². The van der Waals surface area contributed by atoms with Gasteiger partial charge in [-0.15, -0.1) is 0 Å². The second-order valence-corrected chi connectivity index (χ2v) is 5.82. The molecular formula is C13H25NO2. The van der Waals surface area contributed by atoms with E-state index in [0.29, 0.717) is 18.1 Å². The van der Waals surface area contributed by atoms with Gasteiger partial charge in [-0.1, -0.05) is 0 Å². The summed E-state index contributed by atoms with van der Waals surface area (Å²) >= 11 is 0. The topological polar surface area (TPSA) is 30.5 Å². The molecule has 0 aromatic carbocycles. The maximum Gasteiger partial charge on any atom is 0.0707 e. The molecule has 2 aliphatic rings. The number of nitrogens with one attached hydrogen (secondary N) is 1. The van der Waals surface area contributed by atoms with Crippen molar-refractivity contribution >= 4 is 0 Å². The smallest absolute Gasteiger partial charge is 0.0707 e. The Hall–Kier alpha value is -0.120. The van der Waals surface area contributed by atoms with E-state index >= 15 is 0 Å². The molecule has 0 amide bonds. The van der Waals surface area contributed by atoms with Gasteiger partial charge in [-0.2, -0.15) is 0 Å². The Morgan fingerprint density at radius 2 is 2.06 bits per heavy atom. The molecule has 3 atom stereocenters. The number of rotatable bonds is 4. The molecule has 2 aliphatic heterocycles. The molecule has 2 heterocycles. The van der Waals surface area contributed by atoms with Gasteiger partial charge in [-0.3, -0.25) is 0 Å². The lowest BCUT2D eigenvalue weighted by Gasteiger charge is -2.20. The van der Waals surface area contributed by atoms with E-state index in [1.807, 2.05) is 0 Å². The highest BCUT2D eigenvalue weighted by Gasteiger charge is 2.31. The van der Waals surface area contributed by atoms with E-state index in [2.05, 4.69) is 26.1 Å². The maximum absolute atomic E-state index is 5.95. The summed E-state index contributed by atoms with van der Waals surface area (Å²) in [4.78, 5) is 0. The van der Waals surface area contributed by atoms with E-state index in [1.54, 1.807) is 0 Å². The zero-order valence-electron chi connectivity index (χ0n) is 10.8. The van der Waals surface area contributed by atoms with Crippen molar-refractivity contribution in [2.45, 2.75) is 57.8 Å². The predicted molar refractivity (Wildman–Crippen MR) is 64.6 cm³/mol. The quantitative estimate of drug-likeness (QED) is 0.796. The van der Waals surface area contributed by atoms with Crippen LogP contribution < -0.4 is 5.32 Å². The number of ether oxygens (including phenoxy) is 2. The van der Waals surface area contributed by atoms with Crippen LogP contribution in [0.4, 0.5) is 0 Å². The third-order valence-electron chi connectivity index (χ3n) is 3.87. The fourth-order valence-electron chi connectivity index (χ4n) is 2.70. The van der Waals surface area contributed by atoms with Crippen LogP contribution in [0, 0.1) is 5.92 Å². The molecule has 2 fully saturated rings. The molecule has 2 saturated heterocycles. The summed E-state index contributed by atoms with van der Waals surface area (Å²) in [6.45, 7) is 9.53.